The predicted molar refractivity (Wildman–Crippen MR) is 151 cm³/mol. The highest BCUT2D eigenvalue weighted by atomic mass is 32.1. The minimum Gasteiger partial charge on any atom is -0.756 e. The molecule has 3 heterocycles. The topological polar surface area (TPSA) is 302 Å². The molecule has 20 nitrogen and oxygen atoms in total. The van der Waals surface area contributed by atoms with Crippen molar-refractivity contribution in [3.8, 4) is 0 Å². The first-order valence-electron chi connectivity index (χ1n) is 13.1. The second kappa shape index (κ2) is 15.1. The van der Waals surface area contributed by atoms with Crippen LogP contribution >= 0.6 is 28.3 Å². The van der Waals surface area contributed by atoms with Gasteiger partial charge >= 0.3 is 0 Å². The van der Waals surface area contributed by atoms with Crippen molar-refractivity contribution in [3.63, 3.8) is 0 Å². The first-order chi connectivity index (χ1) is 20.5. The zero-order valence-corrected chi connectivity index (χ0v) is 26.3. The number of aliphatic imine (C=N–C) groups is 3. The number of rotatable bonds is 16. The quantitative estimate of drug-likeness (QED) is 0.0598. The molecule has 1 fully saturated rings. The van der Waals surface area contributed by atoms with E-state index in [1.54, 1.807) is 0 Å². The molecular weight excluding hydrogens is 652 g/mol. The SMILES string of the molecule is CC(C)(COP(=O)([O-])OP(=O)([O-])OC[C@H]1O[C@@H](N2C=NC3C(N)=NC=NC32)[C@H](O)[C@@H]1O)[C@@H](O)C(=O)NCCC(=O)NCCS. The Labute approximate surface area is 257 Å². The number of nitrogens with zero attached hydrogens (tertiary/aromatic N) is 4. The molecule has 0 spiro atoms. The number of aliphatic hydroxyl groups excluding tert-OH is 3. The summed E-state index contributed by atoms with van der Waals surface area (Å²) in [6.07, 6.45) is -6.12. The van der Waals surface area contributed by atoms with Gasteiger partial charge < -0.3 is 60.2 Å². The summed E-state index contributed by atoms with van der Waals surface area (Å²) in [5, 5.41) is 36.1. The Morgan fingerprint density at radius 1 is 1.18 bits per heavy atom. The number of aliphatic hydroxyl groups is 3. The van der Waals surface area contributed by atoms with Gasteiger partial charge in [-0.25, -0.2) is 14.3 Å². The fourth-order valence-electron chi connectivity index (χ4n) is 4.11. The van der Waals surface area contributed by atoms with Crippen LogP contribution in [-0.2, 0) is 36.8 Å². The smallest absolute Gasteiger partial charge is 0.274 e. The molecule has 1 saturated heterocycles. The fraction of sp³-hybridized carbons (Fsp3) is 0.762. The molecule has 2 amide bonds. The summed E-state index contributed by atoms with van der Waals surface area (Å²) in [5.74, 6) is -0.704. The number of hydrogen-bond acceptors (Lipinski definition) is 19. The number of nitrogens with one attached hydrogen (secondary N) is 2. The van der Waals surface area contributed by atoms with Crippen molar-refractivity contribution in [2.45, 2.75) is 63.1 Å². The predicted octanol–water partition coefficient (Wildman–Crippen LogP) is -4.20. The molecule has 4 unspecified atom stereocenters. The van der Waals surface area contributed by atoms with Gasteiger partial charge in [0.2, 0.25) is 11.8 Å². The van der Waals surface area contributed by atoms with E-state index in [2.05, 4.69) is 51.6 Å². The normalized spacial score (nSPS) is 29.8. The summed E-state index contributed by atoms with van der Waals surface area (Å²) in [6, 6.07) is -0.661. The average molecular weight is 688 g/mol. The number of ether oxygens (including phenoxy) is 1. The van der Waals surface area contributed by atoms with Gasteiger partial charge in [-0.1, -0.05) is 13.8 Å². The van der Waals surface area contributed by atoms with Gasteiger partial charge in [-0.15, -0.1) is 0 Å². The number of nitrogens with two attached hydrogens (primary N) is 1. The number of carbonyl (C=O) groups is 2. The van der Waals surface area contributed by atoms with Gasteiger partial charge in [0.05, 0.1) is 19.6 Å². The van der Waals surface area contributed by atoms with E-state index in [0.29, 0.717) is 12.3 Å². The van der Waals surface area contributed by atoms with Crippen LogP contribution in [0.5, 0.6) is 0 Å². The van der Waals surface area contributed by atoms with Crippen LogP contribution in [0.15, 0.2) is 15.0 Å². The number of carbonyl (C=O) groups excluding carboxylic acids is 2. The minimum absolute atomic E-state index is 0.0828. The van der Waals surface area contributed by atoms with E-state index >= 15 is 0 Å². The van der Waals surface area contributed by atoms with E-state index in [-0.39, 0.29) is 24.7 Å². The second-order valence-electron chi connectivity index (χ2n) is 10.5. The molecule has 0 radical (unpaired) electrons. The number of phosphoric acid groups is 2. The Hall–Kier alpha value is -2.00. The lowest BCUT2D eigenvalue weighted by Crippen LogP contribution is -2.51. The summed E-state index contributed by atoms with van der Waals surface area (Å²) in [7, 11) is -11.3. The first kappa shape index (κ1) is 36.5. The molecule has 0 aromatic heterocycles. The molecule has 3 aliphatic rings. The Kier molecular flexibility index (Phi) is 12.5. The van der Waals surface area contributed by atoms with Crippen molar-refractivity contribution in [2.75, 3.05) is 32.1 Å². The lowest BCUT2D eigenvalue weighted by molar-refractivity contribution is -0.247. The van der Waals surface area contributed by atoms with Gasteiger partial charge in [0, 0.05) is 30.7 Å². The zero-order valence-electron chi connectivity index (χ0n) is 23.6. The second-order valence-corrected chi connectivity index (χ2v) is 13.9. The number of hydrogen-bond donors (Lipinski definition) is 7. The van der Waals surface area contributed by atoms with Crippen molar-refractivity contribution in [1.29, 1.82) is 0 Å². The van der Waals surface area contributed by atoms with Crippen molar-refractivity contribution < 1.29 is 61.9 Å². The Morgan fingerprint density at radius 2 is 1.86 bits per heavy atom. The maximum absolute atomic E-state index is 12.3. The van der Waals surface area contributed by atoms with Crippen molar-refractivity contribution in [3.05, 3.63) is 0 Å². The van der Waals surface area contributed by atoms with Gasteiger partial charge in [0.15, 0.2) is 12.4 Å². The number of thiol groups is 1. The van der Waals surface area contributed by atoms with Crippen LogP contribution in [0.3, 0.4) is 0 Å². The van der Waals surface area contributed by atoms with E-state index in [4.69, 9.17) is 10.5 Å². The fourth-order valence-corrected chi connectivity index (χ4v) is 6.40. The molecule has 23 heteroatoms. The summed E-state index contributed by atoms with van der Waals surface area (Å²) < 4.78 is 43.3. The molecule has 3 rings (SSSR count). The molecule has 7 N–H and O–H groups in total. The van der Waals surface area contributed by atoms with Crippen molar-refractivity contribution in [1.82, 2.24) is 15.5 Å². The lowest BCUT2D eigenvalue weighted by atomic mass is 9.87. The number of amidine groups is 1. The van der Waals surface area contributed by atoms with Crippen LogP contribution in [-0.4, -0.2) is 125 Å². The molecule has 0 aliphatic carbocycles. The number of phosphoric ester groups is 2. The van der Waals surface area contributed by atoms with Crippen LogP contribution < -0.4 is 26.2 Å². The van der Waals surface area contributed by atoms with Crippen molar-refractivity contribution in [2.24, 2.45) is 26.1 Å². The molecule has 0 saturated carbocycles. The highest BCUT2D eigenvalue weighted by Crippen LogP contribution is 2.56. The van der Waals surface area contributed by atoms with Gasteiger partial charge in [0.1, 0.15) is 42.6 Å². The lowest BCUT2D eigenvalue weighted by Gasteiger charge is -2.35. The van der Waals surface area contributed by atoms with Gasteiger partial charge in [-0.2, -0.15) is 12.6 Å². The maximum Gasteiger partial charge on any atom is 0.274 e. The van der Waals surface area contributed by atoms with Gasteiger partial charge in [-0.05, 0) is 0 Å². The number of fused-ring (bicyclic) bond motifs is 1. The minimum atomic E-state index is -5.65. The first-order valence-corrected chi connectivity index (χ1v) is 16.7. The van der Waals surface area contributed by atoms with Gasteiger partial charge in [-0.3, -0.25) is 23.7 Å². The molecule has 3 aliphatic heterocycles. The molecular formula is C21H35N7O13P2S-2. The van der Waals surface area contributed by atoms with Crippen LogP contribution in [0.1, 0.15) is 20.3 Å². The maximum atomic E-state index is 12.3. The molecule has 0 bridgehead atoms. The van der Waals surface area contributed by atoms with E-state index in [9.17, 15) is 43.8 Å². The van der Waals surface area contributed by atoms with E-state index in [1.165, 1.54) is 31.4 Å². The summed E-state index contributed by atoms with van der Waals surface area (Å²) in [4.78, 5) is 61.8. The van der Waals surface area contributed by atoms with Crippen LogP contribution in [0.4, 0.5) is 0 Å². The zero-order chi connectivity index (χ0) is 32.9. The third-order valence-corrected chi connectivity index (χ3v) is 9.31. The molecule has 250 valence electrons. The Bertz CT molecular complexity index is 1240. The van der Waals surface area contributed by atoms with E-state index < -0.39 is 83.0 Å². The monoisotopic (exact) mass is 687 g/mol. The highest BCUT2D eigenvalue weighted by molar-refractivity contribution is 7.80. The average Bonchev–Trinajstić information content (AvgIpc) is 3.50. The van der Waals surface area contributed by atoms with Gasteiger partial charge in [0.25, 0.3) is 15.6 Å². The largest absolute Gasteiger partial charge is 0.756 e. The Morgan fingerprint density at radius 3 is 2.55 bits per heavy atom. The third kappa shape index (κ3) is 9.51. The van der Waals surface area contributed by atoms with Crippen LogP contribution in [0.25, 0.3) is 0 Å². The van der Waals surface area contributed by atoms with Crippen molar-refractivity contribution >= 4 is 58.6 Å². The van der Waals surface area contributed by atoms with E-state index in [0.717, 1.165) is 0 Å². The Balaban J connectivity index is 1.47. The van der Waals surface area contributed by atoms with Crippen LogP contribution in [0.2, 0.25) is 0 Å². The molecule has 44 heavy (non-hydrogen) atoms. The van der Waals surface area contributed by atoms with Crippen LogP contribution in [0, 0.1) is 5.41 Å². The third-order valence-electron chi connectivity index (χ3n) is 6.57. The van der Waals surface area contributed by atoms with E-state index in [1.807, 2.05) is 0 Å². The highest BCUT2D eigenvalue weighted by Gasteiger charge is 2.50. The number of amides is 2. The molecule has 9 atom stereocenters. The molecule has 0 aromatic rings. The molecule has 0 aromatic carbocycles. The summed E-state index contributed by atoms with van der Waals surface area (Å²) >= 11 is 3.95. The standard InChI is InChI=1S/C21H37N7O13P2S/c1-21(2,16(32)19(33)24-4-3-12(29)23-5-6-44)8-39-43(36,37)41-42(34,35)38-7-11-14(30)15(31)20(40-11)28-10-27-13-17(22)25-9-26-18(13)28/h9-11,13-16,18,20,30-32,44H,3-8H2,1-2H3,(H,23,29)(H,24,33)(H,34,35)(H,36,37)(H2,22,25,26)/p-2/t11-,13?,14-,15-,16+,18?,20-/m1/s1. The summed E-state index contributed by atoms with van der Waals surface area (Å²) in [6.45, 7) is 0.888. The summed E-state index contributed by atoms with van der Waals surface area (Å²) in [5.41, 5.74) is 4.22.